The summed E-state index contributed by atoms with van der Waals surface area (Å²) in [5.41, 5.74) is 0.504. The monoisotopic (exact) mass is 248 g/mol. The number of nitro groups is 1. The third-order valence-electron chi connectivity index (χ3n) is 2.59. The van der Waals surface area contributed by atoms with E-state index in [9.17, 15) is 14.9 Å². The van der Waals surface area contributed by atoms with E-state index in [1.807, 2.05) is 0 Å². The molecule has 0 N–H and O–H groups in total. The molecule has 1 rings (SSSR count). The first-order chi connectivity index (χ1) is 8.54. The largest absolute Gasteiger partial charge is 0.469 e. The second-order valence-electron chi connectivity index (χ2n) is 3.58. The molecule has 0 saturated heterocycles. The third-order valence-corrected chi connectivity index (χ3v) is 2.59. The molecule has 0 amide bonds. The van der Waals surface area contributed by atoms with Gasteiger partial charge in [0.25, 0.3) is 5.69 Å². The molecular weight excluding hydrogens is 236 g/mol. The summed E-state index contributed by atoms with van der Waals surface area (Å²) in [5.74, 6) is -0.537. The van der Waals surface area contributed by atoms with Crippen molar-refractivity contribution in [3.05, 3.63) is 38.9 Å². The number of benzene rings is 1. The Morgan fingerprint density at radius 2 is 2.11 bits per heavy atom. The Bertz CT molecular complexity index is 532. The second-order valence-corrected chi connectivity index (χ2v) is 3.58. The van der Waals surface area contributed by atoms with Gasteiger partial charge in [0, 0.05) is 5.56 Å². The predicted molar refractivity (Wildman–Crippen MR) is 62.9 cm³/mol. The minimum Gasteiger partial charge on any atom is -0.469 e. The second kappa shape index (κ2) is 5.77. The molecule has 0 fully saturated rings. The van der Waals surface area contributed by atoms with Crippen LogP contribution in [0.2, 0.25) is 0 Å². The molecule has 0 saturated carbocycles. The number of rotatable bonds is 4. The van der Waals surface area contributed by atoms with Crippen LogP contribution in [0, 0.1) is 21.4 Å². The lowest BCUT2D eigenvalue weighted by molar-refractivity contribution is -0.385. The number of nitro benzene ring substituents is 1. The summed E-state index contributed by atoms with van der Waals surface area (Å²) >= 11 is 0. The van der Waals surface area contributed by atoms with Crippen molar-refractivity contribution in [3.8, 4) is 6.07 Å². The summed E-state index contributed by atoms with van der Waals surface area (Å²) in [4.78, 5) is 21.6. The molecule has 0 heterocycles. The molecule has 0 aromatic heterocycles. The molecule has 0 aliphatic heterocycles. The van der Waals surface area contributed by atoms with Crippen LogP contribution < -0.4 is 0 Å². The van der Waals surface area contributed by atoms with Crippen molar-refractivity contribution in [2.24, 2.45) is 0 Å². The number of nitrogens with zero attached hydrogens (tertiary/aromatic N) is 2. The van der Waals surface area contributed by atoms with Crippen molar-refractivity contribution in [1.82, 2.24) is 0 Å². The SMILES string of the molecule is CCc1ccc(CC(=O)OC)c(C#N)c1[N+](=O)[O-]. The smallest absolute Gasteiger partial charge is 0.310 e. The lowest BCUT2D eigenvalue weighted by Gasteiger charge is -2.06. The molecule has 0 radical (unpaired) electrons. The van der Waals surface area contributed by atoms with Crippen molar-refractivity contribution < 1.29 is 14.5 Å². The van der Waals surface area contributed by atoms with E-state index in [1.54, 1.807) is 25.1 Å². The highest BCUT2D eigenvalue weighted by molar-refractivity contribution is 5.75. The first-order valence-corrected chi connectivity index (χ1v) is 5.31. The zero-order chi connectivity index (χ0) is 13.7. The normalized spacial score (nSPS) is 9.61. The molecule has 1 aromatic rings. The molecule has 0 bridgehead atoms. The van der Waals surface area contributed by atoms with Crippen LogP contribution in [0.3, 0.4) is 0 Å². The maximum Gasteiger partial charge on any atom is 0.310 e. The van der Waals surface area contributed by atoms with Crippen LogP contribution in [-0.4, -0.2) is 18.0 Å². The summed E-state index contributed by atoms with van der Waals surface area (Å²) in [7, 11) is 1.23. The van der Waals surface area contributed by atoms with Crippen LogP contribution in [0.4, 0.5) is 5.69 Å². The van der Waals surface area contributed by atoms with E-state index in [0.717, 1.165) is 0 Å². The van der Waals surface area contributed by atoms with Crippen LogP contribution in [0.25, 0.3) is 0 Å². The molecule has 0 aliphatic rings. The van der Waals surface area contributed by atoms with Crippen LogP contribution in [0.1, 0.15) is 23.6 Å². The topological polar surface area (TPSA) is 93.2 Å². The molecule has 0 spiro atoms. The molecule has 6 nitrogen and oxygen atoms in total. The standard InChI is InChI=1S/C12H12N2O4/c1-3-8-4-5-9(6-11(15)18-2)10(7-13)12(8)14(16)17/h4-5H,3,6H2,1-2H3. The minimum atomic E-state index is -0.585. The fraction of sp³-hybridized carbons (Fsp3) is 0.333. The third kappa shape index (κ3) is 2.63. The number of carbonyl (C=O) groups is 1. The van der Waals surface area contributed by atoms with Gasteiger partial charge in [0.1, 0.15) is 11.6 Å². The molecule has 6 heteroatoms. The maximum absolute atomic E-state index is 11.2. The van der Waals surface area contributed by atoms with Gasteiger partial charge in [-0.1, -0.05) is 19.1 Å². The summed E-state index contributed by atoms with van der Waals surface area (Å²) in [5, 5.41) is 20.1. The van der Waals surface area contributed by atoms with Crippen LogP contribution >= 0.6 is 0 Å². The molecule has 1 aromatic carbocycles. The van der Waals surface area contributed by atoms with E-state index in [1.165, 1.54) is 7.11 Å². The first kappa shape index (κ1) is 13.6. The minimum absolute atomic E-state index is 0.0650. The zero-order valence-electron chi connectivity index (χ0n) is 10.1. The molecule has 0 atom stereocenters. The number of hydrogen-bond acceptors (Lipinski definition) is 5. The number of carbonyl (C=O) groups excluding carboxylic acids is 1. The summed E-state index contributed by atoms with van der Waals surface area (Å²) < 4.78 is 4.49. The summed E-state index contributed by atoms with van der Waals surface area (Å²) in [6.07, 6.45) is 0.299. The van der Waals surface area contributed by atoms with Crippen LogP contribution in [0.15, 0.2) is 12.1 Å². The van der Waals surface area contributed by atoms with E-state index in [4.69, 9.17) is 5.26 Å². The highest BCUT2D eigenvalue weighted by atomic mass is 16.6. The van der Waals surface area contributed by atoms with Gasteiger partial charge in [-0.05, 0) is 12.0 Å². The predicted octanol–water partition coefficient (Wildman–Crippen LogP) is 1.74. The Labute approximate surface area is 104 Å². The summed E-state index contributed by atoms with van der Waals surface area (Å²) in [6, 6.07) is 4.92. The molecule has 0 aliphatic carbocycles. The van der Waals surface area contributed by atoms with E-state index in [2.05, 4.69) is 4.74 Å². The average Bonchev–Trinajstić information content (AvgIpc) is 2.37. The fourth-order valence-electron chi connectivity index (χ4n) is 1.67. The van der Waals surface area contributed by atoms with Gasteiger partial charge in [0.05, 0.1) is 18.5 Å². The quantitative estimate of drug-likeness (QED) is 0.459. The van der Waals surface area contributed by atoms with Crippen molar-refractivity contribution in [3.63, 3.8) is 0 Å². The molecule has 94 valence electrons. The number of aryl methyl sites for hydroxylation is 1. The lowest BCUT2D eigenvalue weighted by atomic mass is 9.98. The zero-order valence-corrected chi connectivity index (χ0v) is 10.1. The van der Waals surface area contributed by atoms with Crippen molar-refractivity contribution >= 4 is 11.7 Å². The van der Waals surface area contributed by atoms with Gasteiger partial charge in [-0.15, -0.1) is 0 Å². The molecule has 0 unspecified atom stereocenters. The van der Waals surface area contributed by atoms with Crippen LogP contribution in [0.5, 0.6) is 0 Å². The first-order valence-electron chi connectivity index (χ1n) is 5.31. The highest BCUT2D eigenvalue weighted by Crippen LogP contribution is 2.27. The summed E-state index contributed by atoms with van der Waals surface area (Å²) in [6.45, 7) is 1.77. The Kier molecular flexibility index (Phi) is 4.38. The Balaban J connectivity index is 3.39. The number of ether oxygens (including phenoxy) is 1. The van der Waals surface area contributed by atoms with E-state index in [0.29, 0.717) is 17.5 Å². The van der Waals surface area contributed by atoms with Crippen molar-refractivity contribution in [2.75, 3.05) is 7.11 Å². The number of nitriles is 1. The lowest BCUT2D eigenvalue weighted by Crippen LogP contribution is -2.08. The number of methoxy groups -OCH3 is 1. The van der Waals surface area contributed by atoms with Gasteiger partial charge in [0.15, 0.2) is 0 Å². The van der Waals surface area contributed by atoms with Gasteiger partial charge < -0.3 is 4.74 Å². The highest BCUT2D eigenvalue weighted by Gasteiger charge is 2.23. The van der Waals surface area contributed by atoms with E-state index < -0.39 is 10.9 Å². The van der Waals surface area contributed by atoms with E-state index >= 15 is 0 Å². The Morgan fingerprint density at radius 1 is 1.50 bits per heavy atom. The Morgan fingerprint density at radius 3 is 2.56 bits per heavy atom. The van der Waals surface area contributed by atoms with Gasteiger partial charge in [0.2, 0.25) is 0 Å². The van der Waals surface area contributed by atoms with Gasteiger partial charge in [-0.3, -0.25) is 14.9 Å². The maximum atomic E-state index is 11.2. The van der Waals surface area contributed by atoms with Crippen LogP contribution in [-0.2, 0) is 22.4 Å². The molecular formula is C12H12N2O4. The van der Waals surface area contributed by atoms with Gasteiger partial charge >= 0.3 is 5.97 Å². The van der Waals surface area contributed by atoms with Gasteiger partial charge in [-0.25, -0.2) is 0 Å². The number of esters is 1. The van der Waals surface area contributed by atoms with Crippen molar-refractivity contribution in [1.29, 1.82) is 5.26 Å². The average molecular weight is 248 g/mol. The Hall–Kier alpha value is -2.42. The number of hydrogen-bond donors (Lipinski definition) is 0. The fourth-order valence-corrected chi connectivity index (χ4v) is 1.67. The van der Waals surface area contributed by atoms with Crippen molar-refractivity contribution in [2.45, 2.75) is 19.8 Å². The van der Waals surface area contributed by atoms with E-state index in [-0.39, 0.29) is 17.7 Å². The molecule has 18 heavy (non-hydrogen) atoms. The van der Waals surface area contributed by atoms with Gasteiger partial charge in [-0.2, -0.15) is 5.26 Å².